The molecule has 0 amide bonds. The number of para-hydroxylation sites is 1. The Morgan fingerprint density at radius 3 is 2.85 bits per heavy atom. The number of rotatable bonds is 8. The van der Waals surface area contributed by atoms with Crippen LogP contribution in [0.5, 0.6) is 5.75 Å². The number of carbonyl (C=O) groups excluding carboxylic acids is 1. The van der Waals surface area contributed by atoms with Crippen molar-refractivity contribution in [2.45, 2.75) is 39.2 Å². The monoisotopic (exact) mass is 343 g/mol. The molecule has 0 aromatic heterocycles. The van der Waals surface area contributed by atoms with E-state index in [1.54, 1.807) is 0 Å². The number of hydrogen-bond acceptors (Lipinski definition) is 4. The van der Waals surface area contributed by atoms with Gasteiger partial charge in [-0.15, -0.1) is 0 Å². The van der Waals surface area contributed by atoms with Crippen LogP contribution in [0.1, 0.15) is 32.3 Å². The Morgan fingerprint density at radius 1 is 1.45 bits per heavy atom. The van der Waals surface area contributed by atoms with Crippen molar-refractivity contribution in [2.24, 2.45) is 5.73 Å². The summed E-state index contributed by atoms with van der Waals surface area (Å²) in [5.41, 5.74) is 6.80. The smallest absolute Gasteiger partial charge is 0.344 e. The van der Waals surface area contributed by atoms with Crippen molar-refractivity contribution in [2.75, 3.05) is 13.2 Å². The first-order valence-corrected chi connectivity index (χ1v) is 7.65. The summed E-state index contributed by atoms with van der Waals surface area (Å²) in [4.78, 5) is 11.5. The van der Waals surface area contributed by atoms with Crippen LogP contribution in [-0.4, -0.2) is 25.2 Å². The molecule has 1 aromatic carbocycles. The van der Waals surface area contributed by atoms with Gasteiger partial charge in [-0.3, -0.25) is 0 Å². The average molecular weight is 344 g/mol. The Labute approximate surface area is 128 Å². The Morgan fingerprint density at radius 2 is 2.20 bits per heavy atom. The van der Waals surface area contributed by atoms with Gasteiger partial charge < -0.3 is 15.2 Å². The van der Waals surface area contributed by atoms with Crippen molar-refractivity contribution in [1.29, 1.82) is 0 Å². The van der Waals surface area contributed by atoms with Crippen LogP contribution in [0.3, 0.4) is 0 Å². The first-order chi connectivity index (χ1) is 9.54. The number of unbranched alkanes of at least 4 members (excludes halogenated alkanes) is 1. The Bertz CT molecular complexity index is 435. The highest BCUT2D eigenvalue weighted by Crippen LogP contribution is 2.29. The van der Waals surface area contributed by atoms with Crippen molar-refractivity contribution in [1.82, 2.24) is 0 Å². The number of carbonyl (C=O) groups is 1. The zero-order valence-electron chi connectivity index (χ0n) is 12.0. The molecule has 5 heteroatoms. The standard InChI is InChI=1S/C15H22BrNO3/c1-3-4-8-19-14(18)10-20-15-12(9-11(2)17)6-5-7-13(15)16/h5-7,11H,3-4,8-10,17H2,1-2H3. The minimum absolute atomic E-state index is 0.0307. The number of esters is 1. The van der Waals surface area contributed by atoms with Gasteiger partial charge in [0.25, 0.3) is 0 Å². The van der Waals surface area contributed by atoms with Crippen LogP contribution in [-0.2, 0) is 16.0 Å². The van der Waals surface area contributed by atoms with Crippen LogP contribution < -0.4 is 10.5 Å². The highest BCUT2D eigenvalue weighted by atomic mass is 79.9. The van der Waals surface area contributed by atoms with Crippen molar-refractivity contribution >= 4 is 21.9 Å². The van der Waals surface area contributed by atoms with Gasteiger partial charge in [0.1, 0.15) is 5.75 Å². The van der Waals surface area contributed by atoms with Crippen molar-refractivity contribution in [3.63, 3.8) is 0 Å². The molecule has 0 fully saturated rings. The third-order valence-corrected chi connectivity index (χ3v) is 3.31. The highest BCUT2D eigenvalue weighted by molar-refractivity contribution is 9.10. The molecule has 20 heavy (non-hydrogen) atoms. The molecule has 0 aliphatic heterocycles. The van der Waals surface area contributed by atoms with Crippen LogP contribution in [0.2, 0.25) is 0 Å². The van der Waals surface area contributed by atoms with Crippen LogP contribution in [0.4, 0.5) is 0 Å². The van der Waals surface area contributed by atoms with Crippen molar-refractivity contribution < 1.29 is 14.3 Å². The Hall–Kier alpha value is -1.07. The van der Waals surface area contributed by atoms with E-state index in [2.05, 4.69) is 15.9 Å². The van der Waals surface area contributed by atoms with Crippen LogP contribution in [0, 0.1) is 0 Å². The number of benzene rings is 1. The number of halogens is 1. The van der Waals surface area contributed by atoms with E-state index in [0.29, 0.717) is 18.8 Å². The molecular weight excluding hydrogens is 322 g/mol. The third-order valence-electron chi connectivity index (χ3n) is 2.69. The fourth-order valence-electron chi connectivity index (χ4n) is 1.73. The van der Waals surface area contributed by atoms with Gasteiger partial charge in [-0.05, 0) is 47.3 Å². The molecule has 2 N–H and O–H groups in total. The van der Waals surface area contributed by atoms with Gasteiger partial charge in [0, 0.05) is 6.04 Å². The van der Waals surface area contributed by atoms with E-state index in [1.165, 1.54) is 0 Å². The zero-order chi connectivity index (χ0) is 15.0. The maximum absolute atomic E-state index is 11.5. The molecule has 0 radical (unpaired) electrons. The molecule has 112 valence electrons. The van der Waals surface area contributed by atoms with E-state index in [0.717, 1.165) is 22.9 Å². The maximum atomic E-state index is 11.5. The summed E-state index contributed by atoms with van der Waals surface area (Å²) in [6.45, 7) is 4.34. The zero-order valence-corrected chi connectivity index (χ0v) is 13.6. The number of hydrogen-bond donors (Lipinski definition) is 1. The lowest BCUT2D eigenvalue weighted by Crippen LogP contribution is -2.20. The fourth-order valence-corrected chi connectivity index (χ4v) is 2.25. The number of nitrogens with two attached hydrogens (primary N) is 1. The molecule has 0 aliphatic rings. The molecule has 1 aromatic rings. The first kappa shape index (κ1) is 17.0. The summed E-state index contributed by atoms with van der Waals surface area (Å²) in [6, 6.07) is 5.78. The second-order valence-corrected chi connectivity index (χ2v) is 5.63. The van der Waals surface area contributed by atoms with E-state index in [9.17, 15) is 4.79 Å². The van der Waals surface area contributed by atoms with Crippen molar-refractivity contribution in [3.8, 4) is 5.75 Å². The Kier molecular flexibility index (Phi) is 7.62. The van der Waals surface area contributed by atoms with Gasteiger partial charge in [-0.1, -0.05) is 25.5 Å². The minimum atomic E-state index is -0.346. The molecule has 0 aliphatic carbocycles. The lowest BCUT2D eigenvalue weighted by atomic mass is 10.1. The molecular formula is C15H22BrNO3. The molecule has 0 saturated carbocycles. The first-order valence-electron chi connectivity index (χ1n) is 6.86. The molecule has 1 unspecified atom stereocenters. The summed E-state index contributed by atoms with van der Waals surface area (Å²) in [5.74, 6) is 0.318. The molecule has 0 spiro atoms. The van der Waals surface area contributed by atoms with E-state index in [-0.39, 0.29) is 18.6 Å². The second-order valence-electron chi connectivity index (χ2n) is 4.77. The lowest BCUT2D eigenvalue weighted by Gasteiger charge is -2.14. The third kappa shape index (κ3) is 5.92. The maximum Gasteiger partial charge on any atom is 0.344 e. The molecule has 0 heterocycles. The predicted molar refractivity (Wildman–Crippen MR) is 82.9 cm³/mol. The van der Waals surface area contributed by atoms with Gasteiger partial charge in [-0.25, -0.2) is 4.79 Å². The fraction of sp³-hybridized carbons (Fsp3) is 0.533. The van der Waals surface area contributed by atoms with Crippen LogP contribution in [0.25, 0.3) is 0 Å². The lowest BCUT2D eigenvalue weighted by molar-refractivity contribution is -0.146. The normalized spacial score (nSPS) is 12.0. The van der Waals surface area contributed by atoms with E-state index >= 15 is 0 Å². The number of ether oxygens (including phenoxy) is 2. The van der Waals surface area contributed by atoms with Gasteiger partial charge in [0.2, 0.25) is 0 Å². The average Bonchev–Trinajstić information content (AvgIpc) is 2.37. The summed E-state index contributed by atoms with van der Waals surface area (Å²) >= 11 is 3.43. The van der Waals surface area contributed by atoms with Crippen LogP contribution in [0.15, 0.2) is 22.7 Å². The molecule has 1 atom stereocenters. The van der Waals surface area contributed by atoms with E-state index in [4.69, 9.17) is 15.2 Å². The predicted octanol–water partition coefficient (Wildman–Crippen LogP) is 3.06. The largest absolute Gasteiger partial charge is 0.480 e. The summed E-state index contributed by atoms with van der Waals surface area (Å²) < 4.78 is 11.5. The molecule has 0 saturated heterocycles. The SMILES string of the molecule is CCCCOC(=O)COc1c(Br)cccc1CC(C)N. The van der Waals surface area contributed by atoms with Gasteiger partial charge in [0.15, 0.2) is 6.61 Å². The highest BCUT2D eigenvalue weighted by Gasteiger charge is 2.12. The minimum Gasteiger partial charge on any atom is -0.480 e. The van der Waals surface area contributed by atoms with Crippen LogP contribution >= 0.6 is 15.9 Å². The van der Waals surface area contributed by atoms with Gasteiger partial charge >= 0.3 is 5.97 Å². The second kappa shape index (κ2) is 8.97. The molecule has 1 rings (SSSR count). The van der Waals surface area contributed by atoms with Crippen molar-refractivity contribution in [3.05, 3.63) is 28.2 Å². The van der Waals surface area contributed by atoms with E-state index in [1.807, 2.05) is 32.0 Å². The van der Waals surface area contributed by atoms with Gasteiger partial charge in [-0.2, -0.15) is 0 Å². The van der Waals surface area contributed by atoms with E-state index < -0.39 is 0 Å². The molecule has 4 nitrogen and oxygen atoms in total. The topological polar surface area (TPSA) is 61.5 Å². The summed E-state index contributed by atoms with van der Waals surface area (Å²) in [5, 5.41) is 0. The summed E-state index contributed by atoms with van der Waals surface area (Å²) in [7, 11) is 0. The van der Waals surface area contributed by atoms with Gasteiger partial charge in [0.05, 0.1) is 11.1 Å². The Balaban J connectivity index is 2.60. The quantitative estimate of drug-likeness (QED) is 0.582. The molecule has 0 bridgehead atoms. The summed E-state index contributed by atoms with van der Waals surface area (Å²) in [6.07, 6.45) is 2.56.